The maximum absolute atomic E-state index is 12.3. The summed E-state index contributed by atoms with van der Waals surface area (Å²) >= 11 is 0. The molecule has 0 saturated carbocycles. The minimum absolute atomic E-state index is 0.137. The van der Waals surface area contributed by atoms with E-state index in [1.165, 1.54) is 0 Å². The van der Waals surface area contributed by atoms with Gasteiger partial charge in [0.15, 0.2) is 0 Å². The molecular formula is C15H19N5O2. The number of carbonyl (C=O) groups is 1. The van der Waals surface area contributed by atoms with E-state index in [1.54, 1.807) is 12.4 Å². The third-order valence-electron chi connectivity index (χ3n) is 3.78. The second kappa shape index (κ2) is 6.65. The second-order valence-corrected chi connectivity index (χ2v) is 5.39. The van der Waals surface area contributed by atoms with Crippen LogP contribution in [0.2, 0.25) is 0 Å². The van der Waals surface area contributed by atoms with Crippen molar-refractivity contribution in [2.75, 3.05) is 19.6 Å². The zero-order valence-corrected chi connectivity index (χ0v) is 12.5. The van der Waals surface area contributed by atoms with Crippen LogP contribution in [-0.4, -0.2) is 51.6 Å². The number of rotatable bonds is 4. The number of nitrogens with zero attached hydrogens (tertiary/aromatic N) is 4. The van der Waals surface area contributed by atoms with Crippen molar-refractivity contribution in [3.8, 4) is 11.4 Å². The summed E-state index contributed by atoms with van der Waals surface area (Å²) in [5.74, 6) is 1.15. The molecule has 116 valence electrons. The molecule has 1 saturated heterocycles. The van der Waals surface area contributed by atoms with Crippen LogP contribution >= 0.6 is 0 Å². The van der Waals surface area contributed by atoms with Gasteiger partial charge in [0.1, 0.15) is 0 Å². The van der Waals surface area contributed by atoms with Gasteiger partial charge < -0.3 is 14.7 Å². The number of amides is 1. The van der Waals surface area contributed by atoms with Crippen molar-refractivity contribution in [2.45, 2.75) is 25.8 Å². The van der Waals surface area contributed by atoms with E-state index < -0.39 is 0 Å². The maximum Gasteiger partial charge on any atom is 0.227 e. The fourth-order valence-electron chi connectivity index (χ4n) is 2.54. The van der Waals surface area contributed by atoms with Crippen molar-refractivity contribution in [3.63, 3.8) is 0 Å². The Balaban J connectivity index is 1.58. The first-order chi connectivity index (χ1) is 10.7. The molecule has 0 spiro atoms. The van der Waals surface area contributed by atoms with Gasteiger partial charge >= 0.3 is 0 Å². The van der Waals surface area contributed by atoms with E-state index in [0.717, 1.165) is 25.2 Å². The number of pyridine rings is 1. The SMILES string of the molecule is CC1CNCCN1C(=O)CCc1nc(-c2ccncc2)no1. The number of hydrogen-bond donors (Lipinski definition) is 1. The number of piperazine rings is 1. The number of hydrogen-bond acceptors (Lipinski definition) is 6. The number of aryl methyl sites for hydroxylation is 1. The zero-order valence-electron chi connectivity index (χ0n) is 12.5. The molecule has 2 aromatic rings. The molecule has 0 bridgehead atoms. The molecule has 1 unspecified atom stereocenters. The van der Waals surface area contributed by atoms with Gasteiger partial charge in [-0.2, -0.15) is 4.98 Å². The first kappa shape index (κ1) is 14.6. The van der Waals surface area contributed by atoms with Crippen molar-refractivity contribution >= 4 is 5.91 Å². The summed E-state index contributed by atoms with van der Waals surface area (Å²) in [6.07, 6.45) is 4.22. The third-order valence-corrected chi connectivity index (χ3v) is 3.78. The van der Waals surface area contributed by atoms with Gasteiger partial charge in [0.05, 0.1) is 0 Å². The molecule has 3 heterocycles. The lowest BCUT2D eigenvalue weighted by Gasteiger charge is -2.34. The maximum atomic E-state index is 12.3. The summed E-state index contributed by atoms with van der Waals surface area (Å²) in [4.78, 5) is 22.5. The van der Waals surface area contributed by atoms with Gasteiger partial charge in [-0.15, -0.1) is 0 Å². The van der Waals surface area contributed by atoms with Crippen molar-refractivity contribution in [3.05, 3.63) is 30.4 Å². The highest BCUT2D eigenvalue weighted by atomic mass is 16.5. The summed E-state index contributed by atoms with van der Waals surface area (Å²) in [7, 11) is 0. The smallest absolute Gasteiger partial charge is 0.227 e. The number of aromatic nitrogens is 3. The van der Waals surface area contributed by atoms with Crippen LogP contribution in [0.1, 0.15) is 19.2 Å². The Hall–Kier alpha value is -2.28. The van der Waals surface area contributed by atoms with E-state index in [2.05, 4.69) is 27.4 Å². The van der Waals surface area contributed by atoms with Gasteiger partial charge in [0, 0.05) is 56.5 Å². The Kier molecular flexibility index (Phi) is 4.43. The van der Waals surface area contributed by atoms with Crippen molar-refractivity contribution in [1.82, 2.24) is 25.3 Å². The topological polar surface area (TPSA) is 84.2 Å². The highest BCUT2D eigenvalue weighted by molar-refractivity contribution is 5.76. The second-order valence-electron chi connectivity index (χ2n) is 5.39. The Morgan fingerprint density at radius 3 is 3.05 bits per heavy atom. The molecule has 22 heavy (non-hydrogen) atoms. The van der Waals surface area contributed by atoms with Gasteiger partial charge in [0.2, 0.25) is 17.6 Å². The van der Waals surface area contributed by atoms with Crippen molar-refractivity contribution < 1.29 is 9.32 Å². The summed E-state index contributed by atoms with van der Waals surface area (Å²) < 4.78 is 5.22. The van der Waals surface area contributed by atoms with E-state index in [0.29, 0.717) is 24.6 Å². The average Bonchev–Trinajstić information content (AvgIpc) is 3.03. The molecule has 0 radical (unpaired) electrons. The van der Waals surface area contributed by atoms with E-state index >= 15 is 0 Å². The quantitative estimate of drug-likeness (QED) is 0.902. The van der Waals surface area contributed by atoms with Crippen LogP contribution in [0.4, 0.5) is 0 Å². The van der Waals surface area contributed by atoms with Gasteiger partial charge in [-0.3, -0.25) is 9.78 Å². The molecule has 7 nitrogen and oxygen atoms in total. The molecule has 1 fully saturated rings. The van der Waals surface area contributed by atoms with Crippen LogP contribution in [0.3, 0.4) is 0 Å². The molecule has 0 aromatic carbocycles. The van der Waals surface area contributed by atoms with Crippen molar-refractivity contribution in [1.29, 1.82) is 0 Å². The van der Waals surface area contributed by atoms with Gasteiger partial charge in [0.25, 0.3) is 0 Å². The fourth-order valence-corrected chi connectivity index (χ4v) is 2.54. The molecule has 2 aromatic heterocycles. The molecule has 1 amide bonds. The molecule has 1 atom stereocenters. The Labute approximate surface area is 128 Å². The Morgan fingerprint density at radius 1 is 1.45 bits per heavy atom. The summed E-state index contributed by atoms with van der Waals surface area (Å²) in [5.41, 5.74) is 0.854. The van der Waals surface area contributed by atoms with E-state index in [4.69, 9.17) is 4.52 Å². The summed E-state index contributed by atoms with van der Waals surface area (Å²) in [5, 5.41) is 7.22. The normalized spacial score (nSPS) is 18.4. The van der Waals surface area contributed by atoms with Gasteiger partial charge in [-0.05, 0) is 19.1 Å². The first-order valence-electron chi connectivity index (χ1n) is 7.47. The van der Waals surface area contributed by atoms with Crippen LogP contribution < -0.4 is 5.32 Å². The molecular weight excluding hydrogens is 282 g/mol. The highest BCUT2D eigenvalue weighted by Crippen LogP contribution is 2.15. The van der Waals surface area contributed by atoms with Gasteiger partial charge in [-0.1, -0.05) is 5.16 Å². The van der Waals surface area contributed by atoms with Crippen LogP contribution in [-0.2, 0) is 11.2 Å². The predicted octanol–water partition coefficient (Wildman–Crippen LogP) is 0.884. The molecule has 3 rings (SSSR count). The number of nitrogens with one attached hydrogen (secondary N) is 1. The monoisotopic (exact) mass is 301 g/mol. The van der Waals surface area contributed by atoms with E-state index in [1.807, 2.05) is 17.0 Å². The molecule has 1 aliphatic heterocycles. The Morgan fingerprint density at radius 2 is 2.27 bits per heavy atom. The lowest BCUT2D eigenvalue weighted by molar-refractivity contribution is -0.134. The van der Waals surface area contributed by atoms with Crippen LogP contribution in [0.5, 0.6) is 0 Å². The average molecular weight is 301 g/mol. The third kappa shape index (κ3) is 3.30. The van der Waals surface area contributed by atoms with Crippen LogP contribution in [0.25, 0.3) is 11.4 Å². The van der Waals surface area contributed by atoms with Crippen LogP contribution in [0.15, 0.2) is 29.0 Å². The molecule has 7 heteroatoms. The zero-order chi connectivity index (χ0) is 15.4. The molecule has 1 N–H and O–H groups in total. The largest absolute Gasteiger partial charge is 0.339 e. The standard InChI is InChI=1S/C15H19N5O2/c1-11-10-17-8-9-20(11)14(21)3-2-13-18-15(19-22-13)12-4-6-16-7-5-12/h4-7,11,17H,2-3,8-10H2,1H3. The van der Waals surface area contributed by atoms with E-state index in [9.17, 15) is 4.79 Å². The predicted molar refractivity (Wildman–Crippen MR) is 79.9 cm³/mol. The fraction of sp³-hybridized carbons (Fsp3) is 0.467. The molecule has 1 aliphatic rings. The Bertz CT molecular complexity index is 628. The lowest BCUT2D eigenvalue weighted by Crippen LogP contribution is -2.52. The highest BCUT2D eigenvalue weighted by Gasteiger charge is 2.23. The lowest BCUT2D eigenvalue weighted by atomic mass is 10.2. The summed E-state index contributed by atoms with van der Waals surface area (Å²) in [6.45, 7) is 4.51. The minimum atomic E-state index is 0.137. The first-order valence-corrected chi connectivity index (χ1v) is 7.47. The number of carbonyl (C=O) groups excluding carboxylic acids is 1. The molecule has 0 aliphatic carbocycles. The van der Waals surface area contributed by atoms with Crippen LogP contribution in [0, 0.1) is 0 Å². The van der Waals surface area contributed by atoms with Gasteiger partial charge in [-0.25, -0.2) is 0 Å². The van der Waals surface area contributed by atoms with E-state index in [-0.39, 0.29) is 11.9 Å². The minimum Gasteiger partial charge on any atom is -0.339 e. The summed E-state index contributed by atoms with van der Waals surface area (Å²) in [6, 6.07) is 3.88. The van der Waals surface area contributed by atoms with Crippen molar-refractivity contribution in [2.24, 2.45) is 0 Å².